The minimum Gasteiger partial charge on any atom is -0.384 e. The van der Waals surface area contributed by atoms with Gasteiger partial charge in [0.2, 0.25) is 0 Å². The molecule has 0 saturated heterocycles. The van der Waals surface area contributed by atoms with Crippen molar-refractivity contribution in [1.82, 2.24) is 0 Å². The third kappa shape index (κ3) is 3.49. The van der Waals surface area contributed by atoms with Crippen molar-refractivity contribution in [1.29, 1.82) is 5.41 Å². The van der Waals surface area contributed by atoms with Crippen LogP contribution in [0.4, 0.5) is 18.9 Å². The highest BCUT2D eigenvalue weighted by Gasteiger charge is 2.32. The first-order chi connectivity index (χ1) is 9.80. The molecule has 1 aromatic carbocycles. The van der Waals surface area contributed by atoms with Crippen LogP contribution in [-0.2, 0) is 6.18 Å². The molecule has 2 rings (SSSR count). The van der Waals surface area contributed by atoms with Gasteiger partial charge in [-0.1, -0.05) is 19.3 Å². The highest BCUT2D eigenvalue weighted by molar-refractivity contribution is 6.00. The van der Waals surface area contributed by atoms with Gasteiger partial charge >= 0.3 is 6.18 Å². The van der Waals surface area contributed by atoms with Gasteiger partial charge in [-0.2, -0.15) is 13.2 Å². The Morgan fingerprint density at radius 3 is 2.38 bits per heavy atom. The summed E-state index contributed by atoms with van der Waals surface area (Å²) in [6.07, 6.45) is 1.09. The van der Waals surface area contributed by atoms with E-state index in [9.17, 15) is 13.2 Å². The van der Waals surface area contributed by atoms with Gasteiger partial charge in [0.25, 0.3) is 0 Å². The van der Waals surface area contributed by atoms with Crippen LogP contribution in [0.25, 0.3) is 0 Å². The Kier molecular flexibility index (Phi) is 4.44. The van der Waals surface area contributed by atoms with Crippen LogP contribution in [0.5, 0.6) is 0 Å². The Hall–Kier alpha value is -1.72. The highest BCUT2D eigenvalue weighted by atomic mass is 19.4. The van der Waals surface area contributed by atoms with Crippen LogP contribution in [0.3, 0.4) is 0 Å². The van der Waals surface area contributed by atoms with Crippen molar-refractivity contribution in [2.75, 3.05) is 11.9 Å². The average Bonchev–Trinajstić information content (AvgIpc) is 2.45. The zero-order chi connectivity index (χ0) is 15.6. The van der Waals surface area contributed by atoms with Gasteiger partial charge in [-0.3, -0.25) is 5.41 Å². The van der Waals surface area contributed by atoms with E-state index in [1.807, 2.05) is 11.9 Å². The fourth-order valence-electron chi connectivity index (χ4n) is 2.90. The van der Waals surface area contributed by atoms with Gasteiger partial charge in [-0.25, -0.2) is 0 Å². The number of amidine groups is 1. The number of anilines is 1. The molecule has 1 aliphatic carbocycles. The Labute approximate surface area is 122 Å². The average molecular weight is 299 g/mol. The summed E-state index contributed by atoms with van der Waals surface area (Å²) >= 11 is 0. The summed E-state index contributed by atoms with van der Waals surface area (Å²) in [4.78, 5) is 1.97. The number of nitrogens with one attached hydrogen (secondary N) is 1. The molecule has 21 heavy (non-hydrogen) atoms. The van der Waals surface area contributed by atoms with E-state index < -0.39 is 11.7 Å². The minimum atomic E-state index is -4.42. The van der Waals surface area contributed by atoms with Crippen LogP contribution in [0.1, 0.15) is 43.2 Å². The zero-order valence-corrected chi connectivity index (χ0v) is 12.0. The first-order valence-electron chi connectivity index (χ1n) is 7.09. The monoisotopic (exact) mass is 299 g/mol. The lowest BCUT2D eigenvalue weighted by molar-refractivity contribution is -0.137. The molecule has 1 aliphatic rings. The number of hydrogen-bond acceptors (Lipinski definition) is 2. The first kappa shape index (κ1) is 15.7. The maximum Gasteiger partial charge on any atom is 0.416 e. The van der Waals surface area contributed by atoms with Crippen LogP contribution in [-0.4, -0.2) is 18.9 Å². The number of hydrogen-bond donors (Lipinski definition) is 2. The molecule has 0 aromatic heterocycles. The molecule has 3 N–H and O–H groups in total. The van der Waals surface area contributed by atoms with E-state index in [-0.39, 0.29) is 11.4 Å². The van der Waals surface area contributed by atoms with Gasteiger partial charge in [-0.15, -0.1) is 0 Å². The summed E-state index contributed by atoms with van der Waals surface area (Å²) in [5, 5.41) is 7.57. The van der Waals surface area contributed by atoms with Crippen molar-refractivity contribution in [3.63, 3.8) is 0 Å². The quantitative estimate of drug-likeness (QED) is 0.659. The molecule has 3 nitrogen and oxygen atoms in total. The van der Waals surface area contributed by atoms with E-state index in [0.717, 1.165) is 37.8 Å². The summed E-state index contributed by atoms with van der Waals surface area (Å²) < 4.78 is 38.4. The topological polar surface area (TPSA) is 53.1 Å². The van der Waals surface area contributed by atoms with Crippen molar-refractivity contribution >= 4 is 11.5 Å². The Morgan fingerprint density at radius 1 is 1.24 bits per heavy atom. The van der Waals surface area contributed by atoms with Gasteiger partial charge in [0, 0.05) is 24.3 Å². The smallest absolute Gasteiger partial charge is 0.384 e. The SMILES string of the molecule is CN(c1ccc(C(F)(F)F)cc1C(=N)N)C1CCCCC1. The number of rotatable bonds is 3. The van der Waals surface area contributed by atoms with Crippen LogP contribution < -0.4 is 10.6 Å². The normalized spacial score (nSPS) is 16.8. The van der Waals surface area contributed by atoms with Gasteiger partial charge in [-0.05, 0) is 31.0 Å². The highest BCUT2D eigenvalue weighted by Crippen LogP contribution is 2.34. The molecule has 0 radical (unpaired) electrons. The molecular formula is C15H20F3N3. The molecule has 1 fully saturated rings. The fraction of sp³-hybridized carbons (Fsp3) is 0.533. The molecule has 6 heteroatoms. The molecule has 0 aliphatic heterocycles. The van der Waals surface area contributed by atoms with Gasteiger partial charge in [0.15, 0.2) is 0 Å². The van der Waals surface area contributed by atoms with Crippen molar-refractivity contribution in [2.24, 2.45) is 5.73 Å². The van der Waals surface area contributed by atoms with Crippen LogP contribution >= 0.6 is 0 Å². The molecule has 0 spiro atoms. The predicted octanol–water partition coefficient (Wildman–Crippen LogP) is 3.76. The fourth-order valence-corrected chi connectivity index (χ4v) is 2.90. The third-order valence-electron chi connectivity index (χ3n) is 4.12. The van der Waals surface area contributed by atoms with Crippen molar-refractivity contribution in [2.45, 2.75) is 44.3 Å². The molecule has 116 valence electrons. The Bertz CT molecular complexity index is 519. The standard InChI is InChI=1S/C15H20F3N3/c1-21(11-5-3-2-4-6-11)13-8-7-10(15(16,17)18)9-12(13)14(19)20/h7-9,11H,2-6H2,1H3,(H3,19,20). The molecule has 0 bridgehead atoms. The summed E-state index contributed by atoms with van der Waals surface area (Å²) in [7, 11) is 1.87. The van der Waals surface area contributed by atoms with E-state index in [1.165, 1.54) is 12.5 Å². The Morgan fingerprint density at radius 2 is 1.86 bits per heavy atom. The second-order valence-electron chi connectivity index (χ2n) is 5.55. The largest absolute Gasteiger partial charge is 0.416 e. The zero-order valence-electron chi connectivity index (χ0n) is 12.0. The maximum absolute atomic E-state index is 12.8. The second kappa shape index (κ2) is 5.95. The van der Waals surface area contributed by atoms with Crippen molar-refractivity contribution < 1.29 is 13.2 Å². The number of alkyl halides is 3. The van der Waals surface area contributed by atoms with E-state index in [2.05, 4.69) is 0 Å². The minimum absolute atomic E-state index is 0.151. The number of halogens is 3. The van der Waals surface area contributed by atoms with E-state index in [4.69, 9.17) is 11.1 Å². The molecule has 0 amide bonds. The van der Waals surface area contributed by atoms with Crippen LogP contribution in [0.15, 0.2) is 18.2 Å². The van der Waals surface area contributed by atoms with Crippen LogP contribution in [0, 0.1) is 5.41 Å². The molecule has 1 aromatic rings. The molecule has 0 atom stereocenters. The van der Waals surface area contributed by atoms with Gasteiger partial charge in [0.05, 0.1) is 5.56 Å². The number of benzene rings is 1. The summed E-state index contributed by atoms with van der Waals surface area (Å²) in [5.74, 6) is -0.334. The predicted molar refractivity (Wildman–Crippen MR) is 77.7 cm³/mol. The Balaban J connectivity index is 2.36. The summed E-state index contributed by atoms with van der Waals surface area (Å²) in [5.41, 5.74) is 5.46. The summed E-state index contributed by atoms with van der Waals surface area (Å²) in [6, 6.07) is 3.75. The van der Waals surface area contributed by atoms with E-state index >= 15 is 0 Å². The lowest BCUT2D eigenvalue weighted by Crippen LogP contribution is -2.35. The van der Waals surface area contributed by atoms with E-state index in [1.54, 1.807) is 0 Å². The maximum atomic E-state index is 12.8. The van der Waals surface area contributed by atoms with Crippen molar-refractivity contribution in [3.05, 3.63) is 29.3 Å². The van der Waals surface area contributed by atoms with Crippen molar-refractivity contribution in [3.8, 4) is 0 Å². The molecule has 1 saturated carbocycles. The van der Waals surface area contributed by atoms with Crippen LogP contribution in [0.2, 0.25) is 0 Å². The number of nitrogens with two attached hydrogens (primary N) is 1. The second-order valence-corrected chi connectivity index (χ2v) is 5.55. The molecule has 0 unspecified atom stereocenters. The number of nitrogen functional groups attached to an aromatic ring is 1. The van der Waals surface area contributed by atoms with E-state index in [0.29, 0.717) is 11.7 Å². The lowest BCUT2D eigenvalue weighted by atomic mass is 9.93. The van der Waals surface area contributed by atoms with Gasteiger partial charge < -0.3 is 10.6 Å². The summed E-state index contributed by atoms with van der Waals surface area (Å²) in [6.45, 7) is 0. The third-order valence-corrected chi connectivity index (χ3v) is 4.12. The molecule has 0 heterocycles. The molecular weight excluding hydrogens is 279 g/mol. The van der Waals surface area contributed by atoms with Gasteiger partial charge in [0.1, 0.15) is 5.84 Å². The first-order valence-corrected chi connectivity index (χ1v) is 7.09. The number of nitrogens with zero attached hydrogens (tertiary/aromatic N) is 1. The lowest BCUT2D eigenvalue weighted by Gasteiger charge is -2.34.